The number of hydrogen-bond donors (Lipinski definition) is 2. The largest absolute Gasteiger partial charge is 0.465 e. The van der Waals surface area contributed by atoms with Crippen molar-refractivity contribution in [3.63, 3.8) is 0 Å². The van der Waals surface area contributed by atoms with Crippen molar-refractivity contribution < 1.29 is 33.5 Å². The lowest BCUT2D eigenvalue weighted by atomic mass is 10.1. The minimum absolute atomic E-state index is 0.0126. The SMILES string of the molecule is COC(=O)c1ccc(Nc2ncnc(Nc3cc(C(=O)OC)cc(C(=O)OC)c3)c2[N+](=O)[O-])cc1. The van der Waals surface area contributed by atoms with Gasteiger partial charge in [0.1, 0.15) is 6.33 Å². The van der Waals surface area contributed by atoms with Gasteiger partial charge < -0.3 is 24.8 Å². The van der Waals surface area contributed by atoms with E-state index in [1.165, 1.54) is 63.8 Å². The fourth-order valence-electron chi connectivity index (χ4n) is 2.99. The van der Waals surface area contributed by atoms with Crippen molar-refractivity contribution >= 4 is 46.6 Å². The molecule has 0 unspecified atom stereocenters. The van der Waals surface area contributed by atoms with Crippen LogP contribution in [-0.2, 0) is 14.2 Å². The summed E-state index contributed by atoms with van der Waals surface area (Å²) in [6.45, 7) is 0. The zero-order valence-electron chi connectivity index (χ0n) is 18.7. The van der Waals surface area contributed by atoms with Gasteiger partial charge in [0, 0.05) is 11.4 Å². The molecule has 0 radical (unpaired) electrons. The predicted octanol–water partition coefficient (Wildman–Crippen LogP) is 3.23. The van der Waals surface area contributed by atoms with E-state index in [1.54, 1.807) is 0 Å². The lowest BCUT2D eigenvalue weighted by Gasteiger charge is -2.12. The first-order valence-electron chi connectivity index (χ1n) is 9.81. The lowest BCUT2D eigenvalue weighted by Crippen LogP contribution is -2.09. The van der Waals surface area contributed by atoms with E-state index in [-0.39, 0.29) is 28.5 Å². The van der Waals surface area contributed by atoms with Crippen molar-refractivity contribution in [2.75, 3.05) is 32.0 Å². The molecule has 0 saturated heterocycles. The molecule has 1 aromatic heterocycles. The van der Waals surface area contributed by atoms with Crippen molar-refractivity contribution in [1.29, 1.82) is 0 Å². The standard InChI is InChI=1S/C22H19N5O8/c1-33-20(28)12-4-6-15(7-5-12)25-18-17(27(31)32)19(24-11-23-18)26-16-9-13(21(29)34-2)8-14(10-16)22(30)35-3/h4-11H,1-3H3,(H2,23,24,25,26). The Kier molecular flexibility index (Phi) is 7.51. The molecule has 0 spiro atoms. The molecule has 0 aliphatic heterocycles. The molecule has 0 aliphatic rings. The fourth-order valence-corrected chi connectivity index (χ4v) is 2.99. The highest BCUT2D eigenvalue weighted by atomic mass is 16.6. The second-order valence-electron chi connectivity index (χ2n) is 6.78. The topological polar surface area (TPSA) is 172 Å². The number of anilines is 4. The number of methoxy groups -OCH3 is 3. The van der Waals surface area contributed by atoms with Crippen LogP contribution in [0.15, 0.2) is 48.8 Å². The van der Waals surface area contributed by atoms with Gasteiger partial charge in [-0.15, -0.1) is 0 Å². The minimum Gasteiger partial charge on any atom is -0.465 e. The maximum Gasteiger partial charge on any atom is 0.353 e. The van der Waals surface area contributed by atoms with Gasteiger partial charge in [-0.25, -0.2) is 24.4 Å². The molecular weight excluding hydrogens is 462 g/mol. The number of rotatable bonds is 8. The normalized spacial score (nSPS) is 10.1. The Morgan fingerprint density at radius 2 is 1.20 bits per heavy atom. The van der Waals surface area contributed by atoms with Gasteiger partial charge in [0.2, 0.25) is 11.6 Å². The molecule has 35 heavy (non-hydrogen) atoms. The summed E-state index contributed by atoms with van der Waals surface area (Å²) >= 11 is 0. The third-order valence-corrected chi connectivity index (χ3v) is 4.61. The smallest absolute Gasteiger partial charge is 0.353 e. The number of benzene rings is 2. The van der Waals surface area contributed by atoms with Gasteiger partial charge in [0.05, 0.1) is 42.9 Å². The number of hydrogen-bond acceptors (Lipinski definition) is 12. The summed E-state index contributed by atoms with van der Waals surface area (Å²) in [6, 6.07) is 9.94. The van der Waals surface area contributed by atoms with E-state index >= 15 is 0 Å². The maximum absolute atomic E-state index is 12.0. The second kappa shape index (κ2) is 10.7. The predicted molar refractivity (Wildman–Crippen MR) is 122 cm³/mol. The van der Waals surface area contributed by atoms with Crippen LogP contribution < -0.4 is 10.6 Å². The molecule has 0 fully saturated rings. The molecule has 0 amide bonds. The van der Waals surface area contributed by atoms with Crippen molar-refractivity contribution in [1.82, 2.24) is 9.97 Å². The van der Waals surface area contributed by atoms with Crippen LogP contribution in [0.5, 0.6) is 0 Å². The number of esters is 3. The summed E-state index contributed by atoms with van der Waals surface area (Å²) < 4.78 is 14.0. The van der Waals surface area contributed by atoms with Crippen molar-refractivity contribution in [2.45, 2.75) is 0 Å². The van der Waals surface area contributed by atoms with Gasteiger partial charge in [-0.3, -0.25) is 10.1 Å². The molecular formula is C22H19N5O8. The highest BCUT2D eigenvalue weighted by Gasteiger charge is 2.24. The Morgan fingerprint density at radius 3 is 1.66 bits per heavy atom. The van der Waals surface area contributed by atoms with Crippen molar-refractivity contribution in [3.05, 3.63) is 75.6 Å². The number of carbonyl (C=O) groups is 3. The lowest BCUT2D eigenvalue weighted by molar-refractivity contribution is -0.383. The van der Waals surface area contributed by atoms with E-state index in [1.807, 2.05) is 0 Å². The molecule has 13 nitrogen and oxygen atoms in total. The number of aromatic nitrogens is 2. The third kappa shape index (κ3) is 5.65. The van der Waals surface area contributed by atoms with Gasteiger partial charge in [-0.1, -0.05) is 0 Å². The average molecular weight is 481 g/mol. The van der Waals surface area contributed by atoms with E-state index in [9.17, 15) is 24.5 Å². The third-order valence-electron chi connectivity index (χ3n) is 4.61. The number of nitrogens with zero attached hydrogens (tertiary/aromatic N) is 3. The Balaban J connectivity index is 1.99. The van der Waals surface area contributed by atoms with E-state index in [0.29, 0.717) is 11.3 Å². The monoisotopic (exact) mass is 481 g/mol. The van der Waals surface area contributed by atoms with Crippen LogP contribution in [0.1, 0.15) is 31.1 Å². The fraction of sp³-hybridized carbons (Fsp3) is 0.136. The molecule has 3 aromatic rings. The number of ether oxygens (including phenoxy) is 3. The Bertz CT molecular complexity index is 1260. The van der Waals surface area contributed by atoms with Crippen LogP contribution in [-0.4, -0.2) is 54.1 Å². The van der Waals surface area contributed by atoms with Crippen LogP contribution >= 0.6 is 0 Å². The molecule has 13 heteroatoms. The molecule has 0 bridgehead atoms. The van der Waals surface area contributed by atoms with Gasteiger partial charge in [-0.2, -0.15) is 0 Å². The van der Waals surface area contributed by atoms with Gasteiger partial charge >= 0.3 is 23.6 Å². The van der Waals surface area contributed by atoms with E-state index in [0.717, 1.165) is 6.33 Å². The van der Waals surface area contributed by atoms with E-state index in [2.05, 4.69) is 25.3 Å². The first kappa shape index (κ1) is 24.6. The number of carbonyl (C=O) groups excluding carboxylic acids is 3. The van der Waals surface area contributed by atoms with Crippen LogP contribution in [0.4, 0.5) is 28.7 Å². The average Bonchev–Trinajstić information content (AvgIpc) is 2.87. The van der Waals surface area contributed by atoms with Gasteiger partial charge in [0.25, 0.3) is 0 Å². The van der Waals surface area contributed by atoms with E-state index < -0.39 is 28.5 Å². The maximum atomic E-state index is 12.0. The zero-order chi connectivity index (χ0) is 25.5. The number of nitro groups is 1. The van der Waals surface area contributed by atoms with Crippen molar-refractivity contribution in [2.24, 2.45) is 0 Å². The van der Waals surface area contributed by atoms with Crippen LogP contribution in [0.2, 0.25) is 0 Å². The molecule has 3 rings (SSSR count). The minimum atomic E-state index is -0.728. The summed E-state index contributed by atoms with van der Waals surface area (Å²) in [5, 5.41) is 17.4. The first-order valence-corrected chi connectivity index (χ1v) is 9.81. The summed E-state index contributed by atoms with van der Waals surface area (Å²) in [6.07, 6.45) is 1.09. The highest BCUT2D eigenvalue weighted by molar-refractivity contribution is 5.97. The van der Waals surface area contributed by atoms with Crippen LogP contribution in [0.25, 0.3) is 0 Å². The van der Waals surface area contributed by atoms with Gasteiger partial charge in [-0.05, 0) is 42.5 Å². The summed E-state index contributed by atoms with van der Waals surface area (Å²) in [4.78, 5) is 54.7. The second-order valence-corrected chi connectivity index (χ2v) is 6.78. The van der Waals surface area contributed by atoms with Crippen LogP contribution in [0.3, 0.4) is 0 Å². The van der Waals surface area contributed by atoms with E-state index in [4.69, 9.17) is 9.47 Å². The molecule has 0 saturated carbocycles. The molecule has 1 heterocycles. The Morgan fingerprint density at radius 1 is 0.743 bits per heavy atom. The molecule has 2 N–H and O–H groups in total. The Labute approximate surface area is 198 Å². The zero-order valence-corrected chi connectivity index (χ0v) is 18.7. The first-order chi connectivity index (χ1) is 16.8. The summed E-state index contributed by atoms with van der Waals surface area (Å²) in [5.74, 6) is -2.34. The number of nitrogens with one attached hydrogen (secondary N) is 2. The van der Waals surface area contributed by atoms with Crippen molar-refractivity contribution in [3.8, 4) is 0 Å². The summed E-state index contributed by atoms with van der Waals surface area (Å²) in [5.41, 5.74) is 0.365. The quantitative estimate of drug-likeness (QED) is 0.208. The molecule has 180 valence electrons. The summed E-state index contributed by atoms with van der Waals surface area (Å²) in [7, 11) is 3.60. The molecule has 0 aliphatic carbocycles. The Hall–Kier alpha value is -5.07. The molecule has 0 atom stereocenters. The van der Waals surface area contributed by atoms with Gasteiger partial charge in [0.15, 0.2) is 0 Å². The highest BCUT2D eigenvalue weighted by Crippen LogP contribution is 2.33. The molecule has 2 aromatic carbocycles. The van der Waals surface area contributed by atoms with Crippen LogP contribution in [0, 0.1) is 10.1 Å².